The lowest BCUT2D eigenvalue weighted by Gasteiger charge is -2.21. The summed E-state index contributed by atoms with van der Waals surface area (Å²) < 4.78 is 15.1. The summed E-state index contributed by atoms with van der Waals surface area (Å²) in [6.45, 7) is 9.33. The number of carbonyl (C=O) groups excluding carboxylic acids is 2. The Morgan fingerprint density at radius 3 is 1.70 bits per heavy atom. The molecule has 0 rings (SSSR count). The maximum absolute atomic E-state index is 11.3. The summed E-state index contributed by atoms with van der Waals surface area (Å²) in [5.74, 6) is -0.435. The van der Waals surface area contributed by atoms with Gasteiger partial charge in [0.1, 0.15) is 0 Å². The Hall–Kier alpha value is -1.14. The number of esters is 2. The summed E-state index contributed by atoms with van der Waals surface area (Å²) in [6, 6.07) is 0. The van der Waals surface area contributed by atoms with Gasteiger partial charge < -0.3 is 14.2 Å². The van der Waals surface area contributed by atoms with Gasteiger partial charge in [-0.2, -0.15) is 0 Å². The van der Waals surface area contributed by atoms with Gasteiger partial charge >= 0.3 is 11.9 Å². The highest BCUT2D eigenvalue weighted by molar-refractivity contribution is 5.70. The monoisotopic (exact) mass is 289 g/mol. The molecule has 0 aliphatic heterocycles. The maximum Gasteiger partial charge on any atom is 0.307 e. The highest BCUT2D eigenvalue weighted by atomic mass is 16.5. The molecule has 0 bridgehead atoms. The molecule has 6 heteroatoms. The van der Waals surface area contributed by atoms with Crippen molar-refractivity contribution < 1.29 is 23.8 Å². The van der Waals surface area contributed by atoms with Crippen LogP contribution < -0.4 is 0 Å². The first kappa shape index (κ1) is 18.9. The van der Waals surface area contributed by atoms with E-state index in [0.717, 1.165) is 0 Å². The van der Waals surface area contributed by atoms with E-state index < -0.39 is 0 Å². The largest absolute Gasteiger partial charge is 0.466 e. The number of carbonyl (C=O) groups is 2. The molecule has 0 fully saturated rings. The number of ether oxygens (including phenoxy) is 3. The van der Waals surface area contributed by atoms with Crippen molar-refractivity contribution in [2.24, 2.45) is 0 Å². The quantitative estimate of drug-likeness (QED) is 0.398. The highest BCUT2D eigenvalue weighted by Gasteiger charge is 2.11. The van der Waals surface area contributed by atoms with E-state index in [0.29, 0.717) is 58.9 Å². The van der Waals surface area contributed by atoms with Gasteiger partial charge in [0.05, 0.1) is 32.7 Å². The van der Waals surface area contributed by atoms with E-state index >= 15 is 0 Å². The van der Waals surface area contributed by atoms with Crippen LogP contribution >= 0.6 is 0 Å². The molecule has 0 unspecified atom stereocenters. The van der Waals surface area contributed by atoms with Gasteiger partial charge in [0.2, 0.25) is 0 Å². The number of hydrogen-bond acceptors (Lipinski definition) is 6. The van der Waals surface area contributed by atoms with E-state index in [2.05, 4.69) is 0 Å². The van der Waals surface area contributed by atoms with Gasteiger partial charge in [-0.05, 0) is 20.8 Å². The molecule has 0 aromatic rings. The minimum Gasteiger partial charge on any atom is -0.466 e. The standard InChI is InChI=1S/C14H27NO5/c1-4-18-12-11-15(9-7-13(16)19-5-2)10-8-14(17)20-6-3/h4-12H2,1-3H3. The summed E-state index contributed by atoms with van der Waals surface area (Å²) in [5, 5.41) is 0. The second kappa shape index (κ2) is 12.9. The molecule has 20 heavy (non-hydrogen) atoms. The molecule has 0 saturated heterocycles. The molecular formula is C14H27NO5. The normalized spacial score (nSPS) is 10.6. The third kappa shape index (κ3) is 10.8. The van der Waals surface area contributed by atoms with Gasteiger partial charge in [-0.1, -0.05) is 0 Å². The lowest BCUT2D eigenvalue weighted by Crippen LogP contribution is -2.32. The Bertz CT molecular complexity index is 248. The Balaban J connectivity index is 4.05. The first-order chi connectivity index (χ1) is 9.63. The van der Waals surface area contributed by atoms with Gasteiger partial charge in [0.25, 0.3) is 0 Å². The molecular weight excluding hydrogens is 262 g/mol. The van der Waals surface area contributed by atoms with Gasteiger partial charge in [0.15, 0.2) is 0 Å². The summed E-state index contributed by atoms with van der Waals surface area (Å²) in [7, 11) is 0. The third-order valence-corrected chi connectivity index (χ3v) is 2.63. The lowest BCUT2D eigenvalue weighted by molar-refractivity contribution is -0.143. The zero-order valence-corrected chi connectivity index (χ0v) is 12.9. The van der Waals surface area contributed by atoms with Crippen LogP contribution in [0.3, 0.4) is 0 Å². The molecule has 0 atom stereocenters. The minimum atomic E-state index is -0.218. The molecule has 0 aliphatic rings. The lowest BCUT2D eigenvalue weighted by atomic mass is 10.3. The van der Waals surface area contributed by atoms with Gasteiger partial charge in [-0.3, -0.25) is 14.5 Å². The average molecular weight is 289 g/mol. The maximum atomic E-state index is 11.3. The molecule has 6 nitrogen and oxygen atoms in total. The molecule has 0 N–H and O–H groups in total. The molecule has 0 amide bonds. The Morgan fingerprint density at radius 1 is 0.800 bits per heavy atom. The van der Waals surface area contributed by atoms with Crippen LogP contribution in [0.15, 0.2) is 0 Å². The van der Waals surface area contributed by atoms with Gasteiger partial charge in [-0.25, -0.2) is 0 Å². The summed E-state index contributed by atoms with van der Waals surface area (Å²) in [4.78, 5) is 24.7. The first-order valence-electron chi connectivity index (χ1n) is 7.25. The van der Waals surface area contributed by atoms with Crippen LogP contribution in [0.4, 0.5) is 0 Å². The average Bonchev–Trinajstić information content (AvgIpc) is 2.42. The highest BCUT2D eigenvalue weighted by Crippen LogP contribution is 1.98. The van der Waals surface area contributed by atoms with E-state index in [9.17, 15) is 9.59 Å². The Morgan fingerprint density at radius 2 is 1.30 bits per heavy atom. The molecule has 0 saturated carbocycles. The molecule has 0 radical (unpaired) electrons. The smallest absolute Gasteiger partial charge is 0.307 e. The Kier molecular flexibility index (Phi) is 12.1. The fraction of sp³-hybridized carbons (Fsp3) is 0.857. The van der Waals surface area contributed by atoms with Crippen molar-refractivity contribution in [1.82, 2.24) is 4.90 Å². The van der Waals surface area contributed by atoms with Crippen LogP contribution in [0.5, 0.6) is 0 Å². The molecule has 0 spiro atoms. The molecule has 118 valence electrons. The van der Waals surface area contributed by atoms with Crippen molar-refractivity contribution in [1.29, 1.82) is 0 Å². The number of rotatable bonds is 12. The molecule has 0 aromatic heterocycles. The zero-order chi connectivity index (χ0) is 15.2. The van der Waals surface area contributed by atoms with Crippen LogP contribution in [0.25, 0.3) is 0 Å². The molecule has 0 aromatic carbocycles. The van der Waals surface area contributed by atoms with Gasteiger partial charge in [-0.15, -0.1) is 0 Å². The van der Waals surface area contributed by atoms with Crippen LogP contribution in [-0.2, 0) is 23.8 Å². The number of hydrogen-bond donors (Lipinski definition) is 0. The topological polar surface area (TPSA) is 65.1 Å². The molecule has 0 aliphatic carbocycles. The van der Waals surface area contributed by atoms with Crippen molar-refractivity contribution >= 4 is 11.9 Å². The van der Waals surface area contributed by atoms with E-state index in [4.69, 9.17) is 14.2 Å². The number of nitrogens with zero attached hydrogens (tertiary/aromatic N) is 1. The predicted octanol–water partition coefficient (Wildman–Crippen LogP) is 1.23. The second-order valence-electron chi connectivity index (χ2n) is 4.15. The second-order valence-corrected chi connectivity index (χ2v) is 4.15. The predicted molar refractivity (Wildman–Crippen MR) is 75.4 cm³/mol. The summed E-state index contributed by atoms with van der Waals surface area (Å²) >= 11 is 0. The van der Waals surface area contributed by atoms with E-state index in [-0.39, 0.29) is 11.9 Å². The van der Waals surface area contributed by atoms with Crippen molar-refractivity contribution in [3.05, 3.63) is 0 Å². The zero-order valence-electron chi connectivity index (χ0n) is 12.9. The van der Waals surface area contributed by atoms with Crippen LogP contribution in [0, 0.1) is 0 Å². The van der Waals surface area contributed by atoms with Crippen molar-refractivity contribution in [2.75, 3.05) is 46.1 Å². The van der Waals surface area contributed by atoms with Crippen LogP contribution in [0.2, 0.25) is 0 Å². The Labute approximate surface area is 121 Å². The first-order valence-corrected chi connectivity index (χ1v) is 7.25. The molecule has 0 heterocycles. The van der Waals surface area contributed by atoms with E-state index in [1.165, 1.54) is 0 Å². The van der Waals surface area contributed by atoms with E-state index in [1.807, 2.05) is 11.8 Å². The summed E-state index contributed by atoms with van der Waals surface area (Å²) in [5.41, 5.74) is 0. The van der Waals surface area contributed by atoms with Crippen molar-refractivity contribution in [3.63, 3.8) is 0 Å². The van der Waals surface area contributed by atoms with Gasteiger partial charge in [0, 0.05) is 26.2 Å². The van der Waals surface area contributed by atoms with E-state index in [1.54, 1.807) is 13.8 Å². The fourth-order valence-corrected chi connectivity index (χ4v) is 1.64. The third-order valence-electron chi connectivity index (χ3n) is 2.63. The summed E-state index contributed by atoms with van der Waals surface area (Å²) in [6.07, 6.45) is 0.644. The van der Waals surface area contributed by atoms with Crippen molar-refractivity contribution in [2.45, 2.75) is 33.6 Å². The van der Waals surface area contributed by atoms with Crippen LogP contribution in [-0.4, -0.2) is 62.9 Å². The minimum absolute atomic E-state index is 0.218. The SMILES string of the molecule is CCOCCN(CCC(=O)OCC)CCC(=O)OCC. The fourth-order valence-electron chi connectivity index (χ4n) is 1.64. The van der Waals surface area contributed by atoms with Crippen molar-refractivity contribution in [3.8, 4) is 0 Å². The van der Waals surface area contributed by atoms with Crippen LogP contribution in [0.1, 0.15) is 33.6 Å².